The van der Waals surface area contributed by atoms with Gasteiger partial charge in [0.05, 0.1) is 10.0 Å². The maximum Gasteiger partial charge on any atom is 0.284 e. The molecule has 2 rings (SSSR count). The van der Waals surface area contributed by atoms with Gasteiger partial charge in [-0.3, -0.25) is 0 Å². The van der Waals surface area contributed by atoms with Crippen LogP contribution in [0.5, 0.6) is 0 Å². The number of benzene rings is 1. The van der Waals surface area contributed by atoms with Gasteiger partial charge in [-0.1, -0.05) is 35.3 Å². The minimum absolute atomic E-state index is 0.478. The predicted molar refractivity (Wildman–Crippen MR) is 50.8 cm³/mol. The lowest BCUT2D eigenvalue weighted by molar-refractivity contribution is 0.548. The molecule has 2 nitrogen and oxygen atoms in total. The topological polar surface area (TPSA) is 26.0 Å². The molecule has 0 aliphatic rings. The van der Waals surface area contributed by atoms with Gasteiger partial charge in [0, 0.05) is 5.56 Å². The lowest BCUT2D eigenvalue weighted by Crippen LogP contribution is -1.79. The summed E-state index contributed by atoms with van der Waals surface area (Å²) in [7, 11) is 0. The van der Waals surface area contributed by atoms with Crippen LogP contribution in [-0.2, 0) is 0 Å². The first-order chi connectivity index (χ1) is 6.29. The summed E-state index contributed by atoms with van der Waals surface area (Å²) < 4.78 is 4.73. The Morgan fingerprint density at radius 3 is 2.85 bits per heavy atom. The minimum Gasteiger partial charge on any atom is -0.440 e. The van der Waals surface area contributed by atoms with Gasteiger partial charge in [0.2, 0.25) is 0 Å². The number of halogens is 2. The van der Waals surface area contributed by atoms with Gasteiger partial charge in [-0.25, -0.2) is 4.98 Å². The zero-order valence-electron chi connectivity index (χ0n) is 6.42. The van der Waals surface area contributed by atoms with Crippen LogP contribution in [0.1, 0.15) is 0 Å². The van der Waals surface area contributed by atoms with Gasteiger partial charge in [0.15, 0.2) is 0 Å². The van der Waals surface area contributed by atoms with Crippen LogP contribution in [0, 0.1) is 6.39 Å². The molecule has 13 heavy (non-hydrogen) atoms. The number of hydrogen-bond acceptors (Lipinski definition) is 2. The SMILES string of the molecule is Clc1cccc(-c2co[c]n2)c1Cl. The first-order valence-electron chi connectivity index (χ1n) is 3.55. The van der Waals surface area contributed by atoms with E-state index in [2.05, 4.69) is 11.4 Å². The Morgan fingerprint density at radius 2 is 2.15 bits per heavy atom. The quantitative estimate of drug-likeness (QED) is 0.724. The molecule has 1 radical (unpaired) electrons. The Kier molecular flexibility index (Phi) is 2.25. The van der Waals surface area contributed by atoms with Crippen molar-refractivity contribution in [3.8, 4) is 11.3 Å². The van der Waals surface area contributed by atoms with E-state index >= 15 is 0 Å². The molecule has 1 heterocycles. The predicted octanol–water partition coefficient (Wildman–Crippen LogP) is 3.45. The highest BCUT2D eigenvalue weighted by Gasteiger charge is 2.08. The van der Waals surface area contributed by atoms with Crippen LogP contribution in [0.4, 0.5) is 0 Å². The number of oxazole rings is 1. The van der Waals surface area contributed by atoms with E-state index in [0.717, 1.165) is 5.56 Å². The molecule has 0 spiro atoms. The summed E-state index contributed by atoms with van der Waals surface area (Å²) in [5, 5.41) is 0.980. The van der Waals surface area contributed by atoms with E-state index in [1.54, 1.807) is 12.1 Å². The van der Waals surface area contributed by atoms with E-state index in [9.17, 15) is 0 Å². The summed E-state index contributed by atoms with van der Waals surface area (Å²) in [6.07, 6.45) is 3.82. The van der Waals surface area contributed by atoms with Crippen LogP contribution in [-0.4, -0.2) is 4.98 Å². The molecule has 1 aromatic heterocycles. The first kappa shape index (κ1) is 8.60. The largest absolute Gasteiger partial charge is 0.440 e. The van der Waals surface area contributed by atoms with E-state index in [1.807, 2.05) is 6.07 Å². The standard InChI is InChI=1S/C9H4Cl2NO/c10-7-3-1-2-6(9(7)11)8-4-13-5-12-8/h1-4H. The molecule has 0 aliphatic heterocycles. The van der Waals surface area contributed by atoms with Gasteiger partial charge in [0.1, 0.15) is 12.0 Å². The minimum atomic E-state index is 0.478. The lowest BCUT2D eigenvalue weighted by atomic mass is 10.2. The van der Waals surface area contributed by atoms with Crippen molar-refractivity contribution in [1.29, 1.82) is 0 Å². The summed E-state index contributed by atoms with van der Waals surface area (Å²) >= 11 is 11.8. The molecule has 0 unspecified atom stereocenters. The van der Waals surface area contributed by atoms with Crippen molar-refractivity contribution in [3.63, 3.8) is 0 Å². The first-order valence-corrected chi connectivity index (χ1v) is 4.30. The van der Waals surface area contributed by atoms with Gasteiger partial charge in [-0.15, -0.1) is 0 Å². The Labute approximate surface area is 85.1 Å². The monoisotopic (exact) mass is 212 g/mol. The zero-order chi connectivity index (χ0) is 9.26. The maximum absolute atomic E-state index is 5.96. The van der Waals surface area contributed by atoms with Gasteiger partial charge >= 0.3 is 0 Å². The third kappa shape index (κ3) is 1.55. The van der Waals surface area contributed by atoms with E-state index in [-0.39, 0.29) is 0 Å². The van der Waals surface area contributed by atoms with Crippen molar-refractivity contribution in [2.24, 2.45) is 0 Å². The molecule has 0 atom stereocenters. The second-order valence-electron chi connectivity index (χ2n) is 2.43. The van der Waals surface area contributed by atoms with Crippen molar-refractivity contribution >= 4 is 23.2 Å². The molecule has 1 aromatic carbocycles. The molecule has 65 valence electrons. The second-order valence-corrected chi connectivity index (χ2v) is 3.21. The Morgan fingerprint density at radius 1 is 1.31 bits per heavy atom. The fourth-order valence-electron chi connectivity index (χ4n) is 1.01. The average Bonchev–Trinajstić information content (AvgIpc) is 2.62. The molecule has 0 saturated carbocycles. The van der Waals surface area contributed by atoms with Crippen molar-refractivity contribution < 1.29 is 4.42 Å². The summed E-state index contributed by atoms with van der Waals surface area (Å²) in [5.41, 5.74) is 1.38. The molecule has 0 amide bonds. The number of rotatable bonds is 1. The Balaban J connectivity index is 2.59. The summed E-state index contributed by atoms with van der Waals surface area (Å²) in [6.45, 7) is 0. The molecule has 4 heteroatoms. The smallest absolute Gasteiger partial charge is 0.284 e. The maximum atomic E-state index is 5.96. The number of hydrogen-bond donors (Lipinski definition) is 0. The summed E-state index contributed by atoms with van der Waals surface area (Å²) in [6, 6.07) is 5.34. The highest BCUT2D eigenvalue weighted by molar-refractivity contribution is 6.43. The van der Waals surface area contributed by atoms with Crippen molar-refractivity contribution in [2.75, 3.05) is 0 Å². The Hall–Kier alpha value is -0.990. The van der Waals surface area contributed by atoms with Crippen LogP contribution >= 0.6 is 23.2 Å². The molecule has 0 bridgehead atoms. The molecular weight excluding hydrogens is 209 g/mol. The molecule has 0 N–H and O–H groups in total. The van der Waals surface area contributed by atoms with Crippen LogP contribution in [0.2, 0.25) is 10.0 Å². The second kappa shape index (κ2) is 3.40. The van der Waals surface area contributed by atoms with Gasteiger partial charge in [-0.2, -0.15) is 0 Å². The fraction of sp³-hybridized carbons (Fsp3) is 0. The van der Waals surface area contributed by atoms with Gasteiger partial charge < -0.3 is 4.42 Å². The normalized spacial score (nSPS) is 10.3. The van der Waals surface area contributed by atoms with Crippen LogP contribution in [0.25, 0.3) is 11.3 Å². The summed E-state index contributed by atoms with van der Waals surface area (Å²) in [4.78, 5) is 3.85. The van der Waals surface area contributed by atoms with Crippen LogP contribution in [0.15, 0.2) is 28.9 Å². The fourth-order valence-corrected chi connectivity index (χ4v) is 1.41. The average molecular weight is 213 g/mol. The van der Waals surface area contributed by atoms with Gasteiger partial charge in [-0.05, 0) is 6.07 Å². The van der Waals surface area contributed by atoms with E-state index in [4.69, 9.17) is 27.6 Å². The molecule has 2 aromatic rings. The van der Waals surface area contributed by atoms with E-state index in [0.29, 0.717) is 15.7 Å². The molecular formula is C9H4Cl2NO. The molecule has 0 saturated heterocycles. The summed E-state index contributed by atoms with van der Waals surface area (Å²) in [5.74, 6) is 0. The van der Waals surface area contributed by atoms with Crippen LogP contribution < -0.4 is 0 Å². The van der Waals surface area contributed by atoms with Crippen molar-refractivity contribution in [1.82, 2.24) is 4.98 Å². The third-order valence-electron chi connectivity index (χ3n) is 1.62. The highest BCUT2D eigenvalue weighted by Crippen LogP contribution is 2.32. The number of nitrogens with zero attached hydrogens (tertiary/aromatic N) is 1. The number of aromatic nitrogens is 1. The van der Waals surface area contributed by atoms with Gasteiger partial charge in [0.25, 0.3) is 6.39 Å². The van der Waals surface area contributed by atoms with Crippen LogP contribution in [0.3, 0.4) is 0 Å². The van der Waals surface area contributed by atoms with E-state index in [1.165, 1.54) is 6.26 Å². The third-order valence-corrected chi connectivity index (χ3v) is 2.44. The van der Waals surface area contributed by atoms with E-state index < -0.39 is 0 Å². The highest BCUT2D eigenvalue weighted by atomic mass is 35.5. The lowest BCUT2D eigenvalue weighted by Gasteiger charge is -2.00. The zero-order valence-corrected chi connectivity index (χ0v) is 7.93. The van der Waals surface area contributed by atoms with Crippen molar-refractivity contribution in [2.45, 2.75) is 0 Å². The Bertz CT molecular complexity index is 412. The molecule has 0 aliphatic carbocycles. The van der Waals surface area contributed by atoms with Crippen molar-refractivity contribution in [3.05, 3.63) is 40.9 Å². The molecule has 0 fully saturated rings.